The lowest BCUT2D eigenvalue weighted by atomic mass is 10.1. The number of hydrogen-bond acceptors (Lipinski definition) is 3. The number of nitrogens with one attached hydrogen (secondary N) is 1. The lowest BCUT2D eigenvalue weighted by Gasteiger charge is -2.13. The first kappa shape index (κ1) is 14.3. The van der Waals surface area contributed by atoms with Crippen LogP contribution in [0.5, 0.6) is 5.75 Å². The molecule has 0 aliphatic carbocycles. The Labute approximate surface area is 119 Å². The molecule has 2 rings (SSSR count). The smallest absolute Gasteiger partial charge is 0.156 e. The van der Waals surface area contributed by atoms with E-state index >= 15 is 0 Å². The monoisotopic (exact) mass is 278 g/mol. The van der Waals surface area contributed by atoms with Gasteiger partial charge in [0, 0.05) is 24.8 Å². The van der Waals surface area contributed by atoms with E-state index in [2.05, 4.69) is 24.2 Å². The first-order chi connectivity index (χ1) is 9.25. The van der Waals surface area contributed by atoms with Crippen LogP contribution in [0.1, 0.15) is 20.3 Å². The number of rotatable bonds is 6. The average Bonchev–Trinajstić information content (AvgIpc) is 2.89. The third kappa shape index (κ3) is 4.78. The van der Waals surface area contributed by atoms with Gasteiger partial charge in [0.05, 0.1) is 6.61 Å². The highest BCUT2D eigenvalue weighted by Crippen LogP contribution is 2.19. The van der Waals surface area contributed by atoms with Gasteiger partial charge in [-0.1, -0.05) is 43.8 Å². The maximum Gasteiger partial charge on any atom is 0.156 e. The lowest BCUT2D eigenvalue weighted by molar-refractivity contribution is 0.313. The summed E-state index contributed by atoms with van der Waals surface area (Å²) in [4.78, 5) is 4.58. The molecular weight excluding hydrogens is 256 g/mol. The Kier molecular flexibility index (Phi) is 5.58. The van der Waals surface area contributed by atoms with Gasteiger partial charge in [-0.05, 0) is 18.1 Å². The molecule has 1 aliphatic heterocycles. The van der Waals surface area contributed by atoms with E-state index in [-0.39, 0.29) is 0 Å². The molecule has 104 valence electrons. The van der Waals surface area contributed by atoms with Crippen molar-refractivity contribution < 1.29 is 4.74 Å². The molecule has 19 heavy (non-hydrogen) atoms. The zero-order chi connectivity index (χ0) is 13.5. The molecule has 0 saturated carbocycles. The second-order valence-electron chi connectivity index (χ2n) is 5.01. The van der Waals surface area contributed by atoms with Crippen LogP contribution in [0.4, 0.5) is 0 Å². The Bertz CT molecular complexity index is 406. The Morgan fingerprint density at radius 3 is 2.84 bits per heavy atom. The summed E-state index contributed by atoms with van der Waals surface area (Å²) in [5.41, 5.74) is 0. The molecule has 0 unspecified atom stereocenters. The molecule has 0 radical (unpaired) electrons. The predicted octanol–water partition coefficient (Wildman–Crippen LogP) is 3.17. The van der Waals surface area contributed by atoms with Gasteiger partial charge >= 0.3 is 0 Å². The quantitative estimate of drug-likeness (QED) is 0.811. The number of benzene rings is 1. The number of nitrogens with zero attached hydrogens (tertiary/aromatic N) is 1. The van der Waals surface area contributed by atoms with Crippen molar-refractivity contribution in [2.45, 2.75) is 26.3 Å². The largest absolute Gasteiger partial charge is 0.494 e. The standard InChI is InChI=1S/C15H22N2OS/c1-12(2)14-11-19-15(17-14)16-9-6-10-18-13-7-4-3-5-8-13/h3-5,7-8,12,14H,6,9-11H2,1-2H3,(H,16,17)/t14-/m1/s1. The van der Waals surface area contributed by atoms with Crippen LogP contribution in [0.2, 0.25) is 0 Å². The molecule has 1 aliphatic rings. The molecule has 1 saturated heterocycles. The van der Waals surface area contributed by atoms with Crippen molar-refractivity contribution >= 4 is 16.9 Å². The molecule has 1 atom stereocenters. The molecule has 0 amide bonds. The lowest BCUT2D eigenvalue weighted by Crippen LogP contribution is -2.31. The fraction of sp³-hybridized carbons (Fsp3) is 0.533. The maximum atomic E-state index is 5.63. The van der Waals surface area contributed by atoms with Gasteiger partial charge in [0.15, 0.2) is 5.17 Å². The molecule has 3 nitrogen and oxygen atoms in total. The summed E-state index contributed by atoms with van der Waals surface area (Å²) in [6, 6.07) is 10.5. The summed E-state index contributed by atoms with van der Waals surface area (Å²) in [5.74, 6) is 2.74. The Morgan fingerprint density at radius 2 is 2.16 bits per heavy atom. The first-order valence-corrected chi connectivity index (χ1v) is 7.86. The number of ether oxygens (including phenoxy) is 1. The van der Waals surface area contributed by atoms with Gasteiger partial charge in [0.2, 0.25) is 0 Å². The van der Waals surface area contributed by atoms with Crippen molar-refractivity contribution in [1.29, 1.82) is 0 Å². The molecular formula is C15H22N2OS. The van der Waals surface area contributed by atoms with E-state index in [9.17, 15) is 0 Å². The Hall–Kier alpha value is -1.16. The molecule has 0 bridgehead atoms. The summed E-state index contributed by atoms with van der Waals surface area (Å²) < 4.78 is 5.63. The molecule has 1 heterocycles. The molecule has 1 aromatic rings. The minimum atomic E-state index is 0.573. The number of para-hydroxylation sites is 1. The number of amidine groups is 1. The second kappa shape index (κ2) is 7.43. The molecule has 0 aromatic heterocycles. The minimum absolute atomic E-state index is 0.573. The maximum absolute atomic E-state index is 5.63. The topological polar surface area (TPSA) is 33.6 Å². The molecule has 0 spiro atoms. The van der Waals surface area contributed by atoms with Gasteiger partial charge in [-0.15, -0.1) is 0 Å². The van der Waals surface area contributed by atoms with E-state index in [1.165, 1.54) is 0 Å². The van der Waals surface area contributed by atoms with E-state index in [0.717, 1.165) is 36.2 Å². The Morgan fingerprint density at radius 1 is 1.37 bits per heavy atom. The highest BCUT2D eigenvalue weighted by atomic mass is 32.2. The average molecular weight is 278 g/mol. The van der Waals surface area contributed by atoms with Crippen LogP contribution in [-0.2, 0) is 0 Å². The van der Waals surface area contributed by atoms with Crippen LogP contribution in [0.25, 0.3) is 0 Å². The van der Waals surface area contributed by atoms with E-state index in [4.69, 9.17) is 4.74 Å². The molecule has 1 aromatic carbocycles. The van der Waals surface area contributed by atoms with E-state index < -0.39 is 0 Å². The van der Waals surface area contributed by atoms with Crippen LogP contribution in [0, 0.1) is 5.92 Å². The SMILES string of the molecule is CC(C)[C@H]1CSC(=NCCCOc2ccccc2)N1. The van der Waals surface area contributed by atoms with Gasteiger partial charge in [0.1, 0.15) is 5.75 Å². The Balaban J connectivity index is 1.62. The first-order valence-electron chi connectivity index (χ1n) is 6.87. The van der Waals surface area contributed by atoms with E-state index in [1.807, 2.05) is 42.1 Å². The van der Waals surface area contributed by atoms with Gasteiger partial charge < -0.3 is 10.1 Å². The second-order valence-corrected chi connectivity index (χ2v) is 6.02. The van der Waals surface area contributed by atoms with E-state index in [0.29, 0.717) is 12.0 Å². The molecule has 4 heteroatoms. The fourth-order valence-corrected chi connectivity index (χ4v) is 3.04. The van der Waals surface area contributed by atoms with Gasteiger partial charge in [-0.25, -0.2) is 0 Å². The normalized spacial score (nSPS) is 20.8. The van der Waals surface area contributed by atoms with Gasteiger partial charge in [-0.3, -0.25) is 4.99 Å². The zero-order valence-electron chi connectivity index (χ0n) is 11.6. The van der Waals surface area contributed by atoms with Crippen molar-refractivity contribution in [3.8, 4) is 5.75 Å². The summed E-state index contributed by atoms with van der Waals surface area (Å²) in [6.07, 6.45) is 0.951. The summed E-state index contributed by atoms with van der Waals surface area (Å²) in [7, 11) is 0. The highest BCUT2D eigenvalue weighted by Gasteiger charge is 2.22. The van der Waals surface area contributed by atoms with Crippen molar-refractivity contribution in [3.05, 3.63) is 30.3 Å². The van der Waals surface area contributed by atoms with Crippen LogP contribution < -0.4 is 10.1 Å². The number of aliphatic imine (C=N–C) groups is 1. The summed E-state index contributed by atoms with van der Waals surface area (Å²) in [6.45, 7) is 6.04. The van der Waals surface area contributed by atoms with E-state index in [1.54, 1.807) is 0 Å². The van der Waals surface area contributed by atoms with Crippen molar-refractivity contribution in [2.24, 2.45) is 10.9 Å². The third-order valence-corrected chi connectivity index (χ3v) is 4.13. The van der Waals surface area contributed by atoms with Gasteiger partial charge in [-0.2, -0.15) is 0 Å². The zero-order valence-corrected chi connectivity index (χ0v) is 12.5. The van der Waals surface area contributed by atoms with Crippen LogP contribution in [0.3, 0.4) is 0 Å². The van der Waals surface area contributed by atoms with Crippen molar-refractivity contribution in [2.75, 3.05) is 18.9 Å². The highest BCUT2D eigenvalue weighted by molar-refractivity contribution is 8.14. The minimum Gasteiger partial charge on any atom is -0.494 e. The third-order valence-electron chi connectivity index (χ3n) is 3.08. The van der Waals surface area contributed by atoms with Crippen molar-refractivity contribution in [3.63, 3.8) is 0 Å². The number of hydrogen-bond donors (Lipinski definition) is 1. The van der Waals surface area contributed by atoms with Gasteiger partial charge in [0.25, 0.3) is 0 Å². The predicted molar refractivity (Wildman–Crippen MR) is 83.1 cm³/mol. The molecule has 1 fully saturated rings. The van der Waals surface area contributed by atoms with Crippen LogP contribution in [0.15, 0.2) is 35.3 Å². The van der Waals surface area contributed by atoms with Crippen molar-refractivity contribution in [1.82, 2.24) is 5.32 Å². The summed E-state index contributed by atoms with van der Waals surface area (Å²) in [5, 5.41) is 4.57. The number of thioether (sulfide) groups is 1. The molecule has 1 N–H and O–H groups in total. The fourth-order valence-electron chi connectivity index (χ4n) is 1.81. The van der Waals surface area contributed by atoms with Crippen LogP contribution in [-0.4, -0.2) is 30.1 Å². The summed E-state index contributed by atoms with van der Waals surface area (Å²) >= 11 is 1.83. The van der Waals surface area contributed by atoms with Crippen LogP contribution >= 0.6 is 11.8 Å².